The molecule has 4 heteroatoms. The zero-order valence-electron chi connectivity index (χ0n) is 13.0. The Morgan fingerprint density at radius 3 is 2.48 bits per heavy atom. The van der Waals surface area contributed by atoms with Crippen LogP contribution < -0.4 is 5.32 Å². The molecule has 0 fully saturated rings. The number of aryl methyl sites for hydroxylation is 1. The molecule has 0 spiro atoms. The SMILES string of the molecule is CCc1ccc(-c2[nH]ncc2C(=O)NCc2ccccc2)cc1. The second-order valence-corrected chi connectivity index (χ2v) is 5.38. The van der Waals surface area contributed by atoms with Crippen LogP contribution in [0, 0.1) is 0 Å². The molecule has 2 N–H and O–H groups in total. The smallest absolute Gasteiger partial charge is 0.255 e. The number of benzene rings is 2. The van der Waals surface area contributed by atoms with E-state index in [-0.39, 0.29) is 5.91 Å². The van der Waals surface area contributed by atoms with Crippen molar-refractivity contribution in [1.29, 1.82) is 0 Å². The van der Waals surface area contributed by atoms with Crippen molar-refractivity contribution in [1.82, 2.24) is 15.5 Å². The van der Waals surface area contributed by atoms with Crippen molar-refractivity contribution in [3.8, 4) is 11.3 Å². The van der Waals surface area contributed by atoms with E-state index in [0.717, 1.165) is 23.2 Å². The number of carbonyl (C=O) groups is 1. The highest BCUT2D eigenvalue weighted by Gasteiger charge is 2.14. The lowest BCUT2D eigenvalue weighted by Gasteiger charge is -2.06. The van der Waals surface area contributed by atoms with Crippen LogP contribution >= 0.6 is 0 Å². The maximum absolute atomic E-state index is 12.4. The maximum atomic E-state index is 12.4. The van der Waals surface area contributed by atoms with Gasteiger partial charge in [-0.1, -0.05) is 61.5 Å². The van der Waals surface area contributed by atoms with Crippen LogP contribution in [0.25, 0.3) is 11.3 Å². The lowest BCUT2D eigenvalue weighted by atomic mass is 10.0. The Morgan fingerprint density at radius 1 is 1.04 bits per heavy atom. The third-order valence-electron chi connectivity index (χ3n) is 3.83. The largest absolute Gasteiger partial charge is 0.348 e. The molecule has 0 saturated heterocycles. The van der Waals surface area contributed by atoms with Gasteiger partial charge in [0, 0.05) is 12.1 Å². The summed E-state index contributed by atoms with van der Waals surface area (Å²) in [5.74, 6) is -0.128. The van der Waals surface area contributed by atoms with Crippen molar-refractivity contribution in [3.05, 3.63) is 77.5 Å². The fourth-order valence-electron chi connectivity index (χ4n) is 2.46. The average molecular weight is 305 g/mol. The van der Waals surface area contributed by atoms with Crippen LogP contribution in [0.2, 0.25) is 0 Å². The Kier molecular flexibility index (Phi) is 4.52. The summed E-state index contributed by atoms with van der Waals surface area (Å²) in [7, 11) is 0. The van der Waals surface area contributed by atoms with Gasteiger partial charge >= 0.3 is 0 Å². The highest BCUT2D eigenvalue weighted by Crippen LogP contribution is 2.21. The predicted molar refractivity (Wildman–Crippen MR) is 91.0 cm³/mol. The van der Waals surface area contributed by atoms with Crippen LogP contribution in [0.3, 0.4) is 0 Å². The molecule has 0 unspecified atom stereocenters. The van der Waals surface area contributed by atoms with E-state index in [1.54, 1.807) is 6.20 Å². The number of nitrogens with one attached hydrogen (secondary N) is 2. The van der Waals surface area contributed by atoms with Gasteiger partial charge in [0.2, 0.25) is 0 Å². The number of hydrogen-bond donors (Lipinski definition) is 2. The first-order valence-corrected chi connectivity index (χ1v) is 7.72. The van der Waals surface area contributed by atoms with E-state index >= 15 is 0 Å². The van der Waals surface area contributed by atoms with Crippen LogP contribution in [0.1, 0.15) is 28.4 Å². The van der Waals surface area contributed by atoms with Crippen molar-refractivity contribution in [2.45, 2.75) is 19.9 Å². The lowest BCUT2D eigenvalue weighted by Crippen LogP contribution is -2.22. The summed E-state index contributed by atoms with van der Waals surface area (Å²) in [5.41, 5.74) is 4.61. The molecule has 0 saturated carbocycles. The van der Waals surface area contributed by atoms with Gasteiger partial charge in [-0.15, -0.1) is 0 Å². The van der Waals surface area contributed by atoms with Gasteiger partial charge < -0.3 is 5.32 Å². The van der Waals surface area contributed by atoms with E-state index in [4.69, 9.17) is 0 Å². The normalized spacial score (nSPS) is 10.5. The molecule has 1 heterocycles. The number of carbonyl (C=O) groups excluding carboxylic acids is 1. The average Bonchev–Trinajstić information content (AvgIpc) is 3.10. The second kappa shape index (κ2) is 6.92. The van der Waals surface area contributed by atoms with Gasteiger partial charge in [-0.05, 0) is 17.5 Å². The minimum Gasteiger partial charge on any atom is -0.348 e. The molecule has 0 atom stereocenters. The molecule has 0 bridgehead atoms. The number of aromatic nitrogens is 2. The van der Waals surface area contributed by atoms with E-state index < -0.39 is 0 Å². The van der Waals surface area contributed by atoms with Crippen molar-refractivity contribution in [2.24, 2.45) is 0 Å². The predicted octanol–water partition coefficient (Wildman–Crippen LogP) is 3.57. The first-order valence-electron chi connectivity index (χ1n) is 7.72. The van der Waals surface area contributed by atoms with E-state index in [0.29, 0.717) is 12.1 Å². The van der Waals surface area contributed by atoms with Crippen LogP contribution in [-0.2, 0) is 13.0 Å². The van der Waals surface area contributed by atoms with Crippen molar-refractivity contribution < 1.29 is 4.79 Å². The van der Waals surface area contributed by atoms with Gasteiger partial charge in [0.25, 0.3) is 5.91 Å². The fourth-order valence-corrected chi connectivity index (χ4v) is 2.46. The molecule has 116 valence electrons. The van der Waals surface area contributed by atoms with Gasteiger partial charge in [0.15, 0.2) is 0 Å². The zero-order chi connectivity index (χ0) is 16.1. The molecular weight excluding hydrogens is 286 g/mol. The molecular formula is C19H19N3O. The third kappa shape index (κ3) is 3.48. The van der Waals surface area contributed by atoms with E-state index in [9.17, 15) is 4.79 Å². The summed E-state index contributed by atoms with van der Waals surface area (Å²) in [6.45, 7) is 2.62. The summed E-state index contributed by atoms with van der Waals surface area (Å²) < 4.78 is 0. The van der Waals surface area contributed by atoms with E-state index in [2.05, 4.69) is 34.6 Å². The first-order chi connectivity index (χ1) is 11.3. The van der Waals surface area contributed by atoms with Crippen molar-refractivity contribution in [2.75, 3.05) is 0 Å². The summed E-state index contributed by atoms with van der Waals surface area (Å²) in [6.07, 6.45) is 2.57. The Labute approximate surface area is 135 Å². The van der Waals surface area contributed by atoms with Crippen LogP contribution in [0.5, 0.6) is 0 Å². The topological polar surface area (TPSA) is 57.8 Å². The molecule has 1 aromatic heterocycles. The quantitative estimate of drug-likeness (QED) is 0.757. The number of hydrogen-bond acceptors (Lipinski definition) is 2. The first kappa shape index (κ1) is 15.0. The summed E-state index contributed by atoms with van der Waals surface area (Å²) >= 11 is 0. The molecule has 0 aliphatic carbocycles. The Morgan fingerprint density at radius 2 is 1.78 bits per heavy atom. The van der Waals surface area contributed by atoms with Crippen molar-refractivity contribution in [3.63, 3.8) is 0 Å². The van der Waals surface area contributed by atoms with Crippen molar-refractivity contribution >= 4 is 5.91 Å². The number of aromatic amines is 1. The molecule has 0 aliphatic rings. The van der Waals surface area contributed by atoms with Crippen LogP contribution in [0.15, 0.2) is 60.8 Å². The van der Waals surface area contributed by atoms with Crippen LogP contribution in [0.4, 0.5) is 0 Å². The number of rotatable bonds is 5. The van der Waals surface area contributed by atoms with Gasteiger partial charge in [-0.25, -0.2) is 0 Å². The Balaban J connectivity index is 1.75. The lowest BCUT2D eigenvalue weighted by molar-refractivity contribution is 0.0951. The summed E-state index contributed by atoms with van der Waals surface area (Å²) in [6, 6.07) is 18.0. The molecule has 4 nitrogen and oxygen atoms in total. The minimum absolute atomic E-state index is 0.128. The molecule has 0 radical (unpaired) electrons. The molecule has 1 amide bonds. The number of amides is 1. The molecule has 3 aromatic rings. The van der Waals surface area contributed by atoms with E-state index in [1.807, 2.05) is 42.5 Å². The summed E-state index contributed by atoms with van der Waals surface area (Å²) in [5, 5.41) is 9.89. The van der Waals surface area contributed by atoms with E-state index in [1.165, 1.54) is 5.56 Å². The van der Waals surface area contributed by atoms with Gasteiger partial charge in [-0.3, -0.25) is 9.89 Å². The maximum Gasteiger partial charge on any atom is 0.255 e. The number of H-pyrrole nitrogens is 1. The highest BCUT2D eigenvalue weighted by molar-refractivity contribution is 5.99. The molecule has 2 aromatic carbocycles. The molecule has 0 aliphatic heterocycles. The Hall–Kier alpha value is -2.88. The van der Waals surface area contributed by atoms with Gasteiger partial charge in [-0.2, -0.15) is 5.10 Å². The highest BCUT2D eigenvalue weighted by atomic mass is 16.1. The second-order valence-electron chi connectivity index (χ2n) is 5.38. The molecule has 23 heavy (non-hydrogen) atoms. The standard InChI is InChI=1S/C19H19N3O/c1-2-14-8-10-16(11-9-14)18-17(13-21-22-18)19(23)20-12-15-6-4-3-5-7-15/h3-11,13H,2,12H2,1H3,(H,20,23)(H,21,22). The Bertz CT molecular complexity index is 776. The van der Waals surface area contributed by atoms with Gasteiger partial charge in [0.1, 0.15) is 0 Å². The minimum atomic E-state index is -0.128. The summed E-state index contributed by atoms with van der Waals surface area (Å²) in [4.78, 5) is 12.4. The van der Waals surface area contributed by atoms with Gasteiger partial charge in [0.05, 0.1) is 17.5 Å². The van der Waals surface area contributed by atoms with Crippen LogP contribution in [-0.4, -0.2) is 16.1 Å². The number of nitrogens with zero attached hydrogens (tertiary/aromatic N) is 1. The monoisotopic (exact) mass is 305 g/mol. The third-order valence-corrected chi connectivity index (χ3v) is 3.83. The fraction of sp³-hybridized carbons (Fsp3) is 0.158. The molecule has 3 rings (SSSR count). The zero-order valence-corrected chi connectivity index (χ0v) is 13.0.